The normalized spacial score (nSPS) is 15.0. The monoisotopic (exact) mass is 354 g/mol. The number of nitro groups is 1. The summed E-state index contributed by atoms with van der Waals surface area (Å²) < 4.78 is 38.0. The average molecular weight is 354 g/mol. The molecule has 1 N–H and O–H groups in total. The number of alkyl halides is 3. The van der Waals surface area contributed by atoms with Crippen molar-refractivity contribution in [2.45, 2.75) is 25.7 Å². The SMILES string of the molecule is O=[N+]([O-])c1ccc(O)c(CN2CCc3nc(C(F)(F)F)ncc3C2)c1. The van der Waals surface area contributed by atoms with Crippen molar-refractivity contribution >= 4 is 5.69 Å². The van der Waals surface area contributed by atoms with Crippen molar-refractivity contribution in [3.8, 4) is 5.75 Å². The summed E-state index contributed by atoms with van der Waals surface area (Å²) in [6.45, 7) is 0.951. The van der Waals surface area contributed by atoms with E-state index in [0.29, 0.717) is 36.3 Å². The standard InChI is InChI=1S/C15H13F3N4O3/c16-15(17,18)14-19-6-10-8-21(4-3-12(10)20-14)7-9-5-11(22(24)25)1-2-13(9)23/h1-2,5-6,23H,3-4,7-8H2. The summed E-state index contributed by atoms with van der Waals surface area (Å²) >= 11 is 0. The molecule has 0 aliphatic carbocycles. The number of halogens is 3. The quantitative estimate of drug-likeness (QED) is 0.673. The molecule has 3 rings (SSSR count). The molecule has 0 radical (unpaired) electrons. The molecule has 0 bridgehead atoms. The molecule has 2 heterocycles. The van der Waals surface area contributed by atoms with Crippen molar-refractivity contribution < 1.29 is 23.2 Å². The fourth-order valence-corrected chi connectivity index (χ4v) is 2.70. The number of aromatic hydroxyl groups is 1. The van der Waals surface area contributed by atoms with E-state index in [0.717, 1.165) is 6.20 Å². The van der Waals surface area contributed by atoms with Gasteiger partial charge in [0.05, 0.1) is 10.6 Å². The smallest absolute Gasteiger partial charge is 0.451 e. The maximum Gasteiger partial charge on any atom is 0.451 e. The van der Waals surface area contributed by atoms with Crippen LogP contribution in [-0.2, 0) is 25.7 Å². The first-order chi connectivity index (χ1) is 11.7. The summed E-state index contributed by atoms with van der Waals surface area (Å²) in [6, 6.07) is 3.75. The molecule has 1 aliphatic rings. The largest absolute Gasteiger partial charge is 0.508 e. The number of fused-ring (bicyclic) bond motifs is 1. The van der Waals surface area contributed by atoms with Gasteiger partial charge >= 0.3 is 6.18 Å². The summed E-state index contributed by atoms with van der Waals surface area (Å²) in [4.78, 5) is 19.1. The molecule has 0 saturated carbocycles. The Bertz CT molecular complexity index is 826. The number of rotatable bonds is 3. The van der Waals surface area contributed by atoms with Gasteiger partial charge in [0.1, 0.15) is 5.75 Å². The Labute approximate surface area is 139 Å². The Morgan fingerprint density at radius 3 is 2.80 bits per heavy atom. The maximum absolute atomic E-state index is 12.7. The second kappa shape index (κ2) is 6.28. The van der Waals surface area contributed by atoms with E-state index in [4.69, 9.17) is 0 Å². The van der Waals surface area contributed by atoms with E-state index < -0.39 is 16.9 Å². The predicted octanol–water partition coefficient (Wildman–Crippen LogP) is 2.67. The number of aromatic nitrogens is 2. The molecule has 0 amide bonds. The van der Waals surface area contributed by atoms with Crippen molar-refractivity contribution in [1.29, 1.82) is 0 Å². The molecule has 1 aromatic carbocycles. The molecular weight excluding hydrogens is 341 g/mol. The van der Waals surface area contributed by atoms with Crippen LogP contribution in [0, 0.1) is 10.1 Å². The van der Waals surface area contributed by atoms with Gasteiger partial charge in [0.2, 0.25) is 5.82 Å². The number of phenolic OH excluding ortho intramolecular Hbond substituents is 1. The summed E-state index contributed by atoms with van der Waals surface area (Å²) in [5.41, 5.74) is 1.17. The molecule has 25 heavy (non-hydrogen) atoms. The van der Waals surface area contributed by atoms with Gasteiger partial charge in [0.25, 0.3) is 5.69 Å². The van der Waals surface area contributed by atoms with Crippen molar-refractivity contribution in [2.24, 2.45) is 0 Å². The molecule has 0 fully saturated rings. The Balaban J connectivity index is 1.78. The number of nitrogens with zero attached hydrogens (tertiary/aromatic N) is 4. The summed E-state index contributed by atoms with van der Waals surface area (Å²) in [7, 11) is 0. The molecule has 7 nitrogen and oxygen atoms in total. The van der Waals surface area contributed by atoms with Gasteiger partial charge in [0, 0.05) is 55.5 Å². The van der Waals surface area contributed by atoms with E-state index >= 15 is 0 Å². The lowest BCUT2D eigenvalue weighted by atomic mass is 10.1. The van der Waals surface area contributed by atoms with Crippen LogP contribution in [0.25, 0.3) is 0 Å². The van der Waals surface area contributed by atoms with E-state index in [1.54, 1.807) is 0 Å². The predicted molar refractivity (Wildman–Crippen MR) is 79.6 cm³/mol. The minimum absolute atomic E-state index is 0.0694. The minimum Gasteiger partial charge on any atom is -0.508 e. The zero-order valence-electron chi connectivity index (χ0n) is 12.8. The maximum atomic E-state index is 12.7. The van der Waals surface area contributed by atoms with Crippen LogP contribution in [-0.4, -0.2) is 31.4 Å². The van der Waals surface area contributed by atoms with Gasteiger partial charge in [-0.05, 0) is 6.07 Å². The molecule has 0 saturated heterocycles. The van der Waals surface area contributed by atoms with Crippen molar-refractivity contribution in [2.75, 3.05) is 6.54 Å². The van der Waals surface area contributed by atoms with Crippen molar-refractivity contribution in [3.63, 3.8) is 0 Å². The third-order valence-corrected chi connectivity index (χ3v) is 3.93. The Hall–Kier alpha value is -2.75. The van der Waals surface area contributed by atoms with E-state index in [9.17, 15) is 28.4 Å². The second-order valence-electron chi connectivity index (χ2n) is 5.69. The Morgan fingerprint density at radius 2 is 2.12 bits per heavy atom. The summed E-state index contributed by atoms with van der Waals surface area (Å²) in [5, 5.41) is 20.7. The van der Waals surface area contributed by atoms with E-state index in [-0.39, 0.29) is 18.0 Å². The van der Waals surface area contributed by atoms with Gasteiger partial charge in [0.15, 0.2) is 0 Å². The Morgan fingerprint density at radius 1 is 1.36 bits per heavy atom. The van der Waals surface area contributed by atoms with Crippen molar-refractivity contribution in [3.05, 3.63) is 57.2 Å². The highest BCUT2D eigenvalue weighted by Gasteiger charge is 2.35. The lowest BCUT2D eigenvalue weighted by Gasteiger charge is -2.28. The lowest BCUT2D eigenvalue weighted by molar-refractivity contribution is -0.385. The van der Waals surface area contributed by atoms with Crippen LogP contribution in [0.5, 0.6) is 5.75 Å². The molecule has 1 aromatic heterocycles. The number of nitro benzene ring substituents is 1. The van der Waals surface area contributed by atoms with Gasteiger partial charge < -0.3 is 5.11 Å². The van der Waals surface area contributed by atoms with E-state index in [2.05, 4.69) is 9.97 Å². The third kappa shape index (κ3) is 3.68. The molecular formula is C15H13F3N4O3. The van der Waals surface area contributed by atoms with Crippen LogP contribution in [0.2, 0.25) is 0 Å². The van der Waals surface area contributed by atoms with Gasteiger partial charge in [-0.15, -0.1) is 0 Å². The van der Waals surface area contributed by atoms with Gasteiger partial charge in [-0.2, -0.15) is 13.2 Å². The topological polar surface area (TPSA) is 92.4 Å². The first-order valence-corrected chi connectivity index (χ1v) is 7.34. The van der Waals surface area contributed by atoms with Gasteiger partial charge in [-0.25, -0.2) is 9.97 Å². The van der Waals surface area contributed by atoms with Crippen LogP contribution in [0.4, 0.5) is 18.9 Å². The van der Waals surface area contributed by atoms with Gasteiger partial charge in [-0.1, -0.05) is 0 Å². The summed E-state index contributed by atoms with van der Waals surface area (Å²) in [5.74, 6) is -1.23. The molecule has 2 aromatic rings. The number of benzene rings is 1. The van der Waals surface area contributed by atoms with Crippen molar-refractivity contribution in [1.82, 2.24) is 14.9 Å². The van der Waals surface area contributed by atoms with E-state index in [1.807, 2.05) is 4.90 Å². The zero-order valence-corrected chi connectivity index (χ0v) is 12.8. The van der Waals surface area contributed by atoms with Crippen LogP contribution < -0.4 is 0 Å². The van der Waals surface area contributed by atoms with Crippen LogP contribution in [0.1, 0.15) is 22.6 Å². The molecule has 0 unspecified atom stereocenters. The average Bonchev–Trinajstić information content (AvgIpc) is 2.55. The zero-order chi connectivity index (χ0) is 18.2. The number of phenols is 1. The van der Waals surface area contributed by atoms with Crippen LogP contribution in [0.3, 0.4) is 0 Å². The second-order valence-corrected chi connectivity index (χ2v) is 5.69. The highest BCUT2D eigenvalue weighted by molar-refractivity contribution is 5.43. The molecule has 10 heteroatoms. The molecule has 0 spiro atoms. The number of non-ortho nitro benzene ring substituents is 1. The molecule has 1 aliphatic heterocycles. The highest BCUT2D eigenvalue weighted by atomic mass is 19.4. The molecule has 132 valence electrons. The van der Waals surface area contributed by atoms with E-state index in [1.165, 1.54) is 18.2 Å². The van der Waals surface area contributed by atoms with Gasteiger partial charge in [-0.3, -0.25) is 15.0 Å². The first kappa shape index (κ1) is 17.1. The lowest BCUT2D eigenvalue weighted by Crippen LogP contribution is -2.31. The summed E-state index contributed by atoms with van der Waals surface area (Å²) in [6.07, 6.45) is -3.12. The fourth-order valence-electron chi connectivity index (χ4n) is 2.70. The first-order valence-electron chi connectivity index (χ1n) is 7.34. The number of hydrogen-bond acceptors (Lipinski definition) is 6. The minimum atomic E-state index is -4.58. The van der Waals surface area contributed by atoms with Crippen LogP contribution in [0.15, 0.2) is 24.4 Å². The third-order valence-electron chi connectivity index (χ3n) is 3.93. The van der Waals surface area contributed by atoms with Crippen LogP contribution >= 0.6 is 0 Å². The number of hydrogen-bond donors (Lipinski definition) is 1. The fraction of sp³-hybridized carbons (Fsp3) is 0.333. The molecule has 0 atom stereocenters. The highest BCUT2D eigenvalue weighted by Crippen LogP contribution is 2.29. The Kier molecular flexibility index (Phi) is 4.29.